The van der Waals surface area contributed by atoms with Crippen molar-refractivity contribution in [1.29, 1.82) is 0 Å². The van der Waals surface area contributed by atoms with Crippen molar-refractivity contribution in [3.8, 4) is 0 Å². The molecule has 3 heterocycles. The Labute approximate surface area is 283 Å². The number of aliphatic hydroxyl groups is 1. The molecular weight excluding hydrogens is 602 g/mol. The summed E-state index contributed by atoms with van der Waals surface area (Å²) >= 11 is 0. The van der Waals surface area contributed by atoms with Crippen LogP contribution < -0.4 is 4.90 Å². The Morgan fingerprint density at radius 3 is 2.31 bits per heavy atom. The van der Waals surface area contributed by atoms with E-state index in [4.69, 9.17) is 4.74 Å². The second kappa shape index (κ2) is 13.3. The van der Waals surface area contributed by atoms with Gasteiger partial charge >= 0.3 is 0 Å². The highest BCUT2D eigenvalue weighted by Gasteiger charge is 2.79. The highest BCUT2D eigenvalue weighted by atomic mass is 16.5. The number of nitrogens with zero attached hydrogens (tertiary/aromatic N) is 3. The third-order valence-electron chi connectivity index (χ3n) is 10.9. The standard InChI is InChI=1S/C40H47N3O5/c1-6-22-41(25-28-14-10-9-11-15-28)36(45)33-34-37(46)43(32(26-44)27(4)5)35(40(34)21-20-39(33,8-3)48-40)38(47)42(23-7-2)31-19-18-29-16-12-13-17-30(29)24-31/h6-7,9-19,24,27,32-35,44H,1-2,8,20-23,25-26H2,3-5H3/t32-,33+,34-,35?,39-,40?/m0/s1. The van der Waals surface area contributed by atoms with Gasteiger partial charge in [0.05, 0.1) is 30.1 Å². The van der Waals surface area contributed by atoms with Crippen molar-refractivity contribution in [1.82, 2.24) is 9.80 Å². The first-order valence-corrected chi connectivity index (χ1v) is 17.1. The van der Waals surface area contributed by atoms with Crippen LogP contribution in [0.4, 0.5) is 5.69 Å². The fraction of sp³-hybridized carbons (Fsp3) is 0.425. The lowest BCUT2D eigenvalue weighted by Gasteiger charge is -2.40. The number of ether oxygens (including phenoxy) is 1. The summed E-state index contributed by atoms with van der Waals surface area (Å²) in [6, 6.07) is 21.9. The molecule has 1 N–H and O–H groups in total. The van der Waals surface area contributed by atoms with Gasteiger partial charge in [-0.1, -0.05) is 93.6 Å². The van der Waals surface area contributed by atoms with Crippen molar-refractivity contribution in [3.63, 3.8) is 0 Å². The molecule has 6 rings (SSSR count). The minimum Gasteiger partial charge on any atom is -0.394 e. The number of amides is 3. The van der Waals surface area contributed by atoms with Crippen molar-refractivity contribution in [2.75, 3.05) is 24.6 Å². The lowest BCUT2D eigenvalue weighted by atomic mass is 9.64. The third-order valence-corrected chi connectivity index (χ3v) is 10.9. The van der Waals surface area contributed by atoms with Crippen LogP contribution in [0.2, 0.25) is 0 Å². The smallest absolute Gasteiger partial charge is 0.253 e. The highest BCUT2D eigenvalue weighted by molar-refractivity contribution is 6.06. The molecule has 3 aliphatic heterocycles. The Hall–Kier alpha value is -4.27. The lowest BCUT2D eigenvalue weighted by molar-refractivity contribution is -0.154. The van der Waals surface area contributed by atoms with Crippen molar-refractivity contribution in [3.05, 3.63) is 104 Å². The second-order valence-corrected chi connectivity index (χ2v) is 13.8. The van der Waals surface area contributed by atoms with Crippen LogP contribution >= 0.6 is 0 Å². The summed E-state index contributed by atoms with van der Waals surface area (Å²) in [5, 5.41) is 12.7. The molecule has 3 amide bonds. The first-order chi connectivity index (χ1) is 23.2. The van der Waals surface area contributed by atoms with Gasteiger partial charge in [0.15, 0.2) is 0 Å². The van der Waals surface area contributed by atoms with E-state index in [0.717, 1.165) is 16.3 Å². The molecule has 6 atom stereocenters. The molecular formula is C40H47N3O5. The van der Waals surface area contributed by atoms with Crippen molar-refractivity contribution < 1.29 is 24.2 Å². The molecule has 48 heavy (non-hydrogen) atoms. The van der Waals surface area contributed by atoms with Gasteiger partial charge in [-0.3, -0.25) is 14.4 Å². The van der Waals surface area contributed by atoms with Crippen LogP contribution in [0.1, 0.15) is 45.6 Å². The molecule has 2 bridgehead atoms. The molecule has 3 aliphatic rings. The summed E-state index contributed by atoms with van der Waals surface area (Å²) in [6.07, 6.45) is 4.92. The molecule has 8 nitrogen and oxygen atoms in total. The van der Waals surface area contributed by atoms with Crippen LogP contribution in [0.3, 0.4) is 0 Å². The van der Waals surface area contributed by atoms with E-state index in [1.807, 2.05) is 93.6 Å². The Bertz CT molecular complexity index is 1710. The number of rotatable bonds is 13. The van der Waals surface area contributed by atoms with E-state index in [-0.39, 0.29) is 36.8 Å². The van der Waals surface area contributed by atoms with Crippen LogP contribution in [-0.4, -0.2) is 75.6 Å². The summed E-state index contributed by atoms with van der Waals surface area (Å²) < 4.78 is 7.09. The lowest BCUT2D eigenvalue weighted by Crippen LogP contribution is -2.60. The minimum atomic E-state index is -1.23. The zero-order chi connectivity index (χ0) is 34.2. The van der Waals surface area contributed by atoms with E-state index in [0.29, 0.717) is 38.0 Å². The first-order valence-electron chi connectivity index (χ1n) is 17.1. The van der Waals surface area contributed by atoms with Crippen LogP contribution in [0.15, 0.2) is 98.1 Å². The van der Waals surface area contributed by atoms with Crippen LogP contribution in [0, 0.1) is 17.8 Å². The number of carbonyl (C=O) groups excluding carboxylic acids is 3. The largest absolute Gasteiger partial charge is 0.394 e. The van der Waals surface area contributed by atoms with E-state index in [9.17, 15) is 14.7 Å². The highest BCUT2D eigenvalue weighted by Crippen LogP contribution is 2.65. The van der Waals surface area contributed by atoms with Crippen LogP contribution in [0.5, 0.6) is 0 Å². The number of aliphatic hydroxyl groups excluding tert-OH is 1. The number of hydrogen-bond donors (Lipinski definition) is 1. The monoisotopic (exact) mass is 649 g/mol. The number of anilines is 1. The first kappa shape index (κ1) is 33.6. The van der Waals surface area contributed by atoms with Gasteiger partial charge in [-0.2, -0.15) is 0 Å². The van der Waals surface area contributed by atoms with Crippen molar-refractivity contribution in [2.24, 2.45) is 17.8 Å². The number of carbonyl (C=O) groups is 3. The molecule has 3 aromatic rings. The van der Waals surface area contributed by atoms with Gasteiger partial charge in [0.25, 0.3) is 5.91 Å². The molecule has 0 aliphatic carbocycles. The normalized spacial score (nSPS) is 26.5. The minimum absolute atomic E-state index is 0.153. The molecule has 2 unspecified atom stereocenters. The Morgan fingerprint density at radius 1 is 0.979 bits per heavy atom. The van der Waals surface area contributed by atoms with E-state index in [1.165, 1.54) is 0 Å². The molecule has 8 heteroatoms. The van der Waals surface area contributed by atoms with E-state index in [1.54, 1.807) is 26.9 Å². The topological polar surface area (TPSA) is 90.4 Å². The van der Waals surface area contributed by atoms with E-state index >= 15 is 4.79 Å². The quantitative estimate of drug-likeness (QED) is 0.239. The van der Waals surface area contributed by atoms with Crippen molar-refractivity contribution in [2.45, 2.75) is 69.9 Å². The number of hydrogen-bond acceptors (Lipinski definition) is 5. The van der Waals surface area contributed by atoms with Gasteiger partial charge in [0.2, 0.25) is 11.8 Å². The molecule has 3 aromatic carbocycles. The second-order valence-electron chi connectivity index (χ2n) is 13.8. The van der Waals surface area contributed by atoms with Crippen LogP contribution in [-0.2, 0) is 25.7 Å². The van der Waals surface area contributed by atoms with E-state index in [2.05, 4.69) is 13.2 Å². The SMILES string of the molecule is C=CCN(Cc1ccccc1)C(=O)[C@H]1[C@H]2C(=O)N([C@@H](CO)C(C)C)C(C(=O)N(CC=C)c3ccc4ccccc4c3)C23CC[C@]1(CC)O3. The maximum atomic E-state index is 15.2. The molecule has 0 saturated carbocycles. The summed E-state index contributed by atoms with van der Waals surface area (Å²) in [6.45, 7) is 14.3. The van der Waals surface area contributed by atoms with E-state index < -0.39 is 35.1 Å². The number of fused-ring (bicyclic) bond motifs is 2. The fourth-order valence-electron chi connectivity index (χ4n) is 8.62. The molecule has 1 spiro atoms. The fourth-order valence-corrected chi connectivity index (χ4v) is 8.62. The van der Waals surface area contributed by atoms with Crippen molar-refractivity contribution >= 4 is 34.2 Å². The molecule has 3 saturated heterocycles. The average molecular weight is 650 g/mol. The number of benzene rings is 3. The predicted molar refractivity (Wildman–Crippen MR) is 188 cm³/mol. The maximum Gasteiger partial charge on any atom is 0.253 e. The zero-order valence-corrected chi connectivity index (χ0v) is 28.3. The Morgan fingerprint density at radius 2 is 1.67 bits per heavy atom. The molecule has 0 aromatic heterocycles. The summed E-state index contributed by atoms with van der Waals surface area (Å²) in [5.41, 5.74) is -0.464. The summed E-state index contributed by atoms with van der Waals surface area (Å²) in [5.74, 6) is -2.58. The van der Waals surface area contributed by atoms with Crippen LogP contribution in [0.25, 0.3) is 10.8 Å². The molecule has 0 radical (unpaired) electrons. The molecule has 252 valence electrons. The maximum absolute atomic E-state index is 15.2. The van der Waals surface area contributed by atoms with Gasteiger partial charge in [-0.15, -0.1) is 13.2 Å². The summed E-state index contributed by atoms with van der Waals surface area (Å²) in [4.78, 5) is 49.9. The summed E-state index contributed by atoms with van der Waals surface area (Å²) in [7, 11) is 0. The number of likely N-dealkylation sites (tertiary alicyclic amines) is 1. The van der Waals surface area contributed by atoms with Gasteiger partial charge in [-0.25, -0.2) is 0 Å². The van der Waals surface area contributed by atoms with Gasteiger partial charge in [0.1, 0.15) is 11.6 Å². The zero-order valence-electron chi connectivity index (χ0n) is 28.3. The Kier molecular flexibility index (Phi) is 9.33. The van der Waals surface area contributed by atoms with Gasteiger partial charge in [0, 0.05) is 25.3 Å². The Balaban J connectivity index is 1.46. The third kappa shape index (κ3) is 5.35. The average Bonchev–Trinajstić information content (AvgIpc) is 3.70. The van der Waals surface area contributed by atoms with Gasteiger partial charge in [-0.05, 0) is 53.6 Å². The molecule has 3 fully saturated rings. The predicted octanol–water partition coefficient (Wildman–Crippen LogP) is 5.75. The van der Waals surface area contributed by atoms with Gasteiger partial charge < -0.3 is 24.5 Å².